The van der Waals surface area contributed by atoms with E-state index in [1.54, 1.807) is 0 Å². The molecule has 0 saturated carbocycles. The number of nitrogens with zero attached hydrogens (tertiary/aromatic N) is 2. The highest BCUT2D eigenvalue weighted by Gasteiger charge is 2.07. The Balaban J connectivity index is 1.65. The molecule has 1 amide bonds. The van der Waals surface area contributed by atoms with Crippen molar-refractivity contribution in [2.45, 2.75) is 13.3 Å². The maximum Gasteiger partial charge on any atom is 0.230 e. The van der Waals surface area contributed by atoms with Crippen molar-refractivity contribution in [2.75, 3.05) is 5.32 Å². The van der Waals surface area contributed by atoms with Gasteiger partial charge in [0.2, 0.25) is 11.0 Å². The molecule has 0 aliphatic heterocycles. The molecule has 1 N–H and O–H groups in total. The van der Waals surface area contributed by atoms with E-state index in [0.29, 0.717) is 11.6 Å². The molecule has 110 valence electrons. The zero-order chi connectivity index (χ0) is 15.4. The molecule has 0 aliphatic carbocycles. The number of carbonyl (C=O) groups is 1. The molecule has 3 rings (SSSR count). The van der Waals surface area contributed by atoms with Crippen molar-refractivity contribution in [1.29, 1.82) is 0 Å². The fraction of sp³-hybridized carbons (Fsp3) is 0.118. The maximum absolute atomic E-state index is 12.0. The van der Waals surface area contributed by atoms with Crippen LogP contribution in [0.4, 0.5) is 5.13 Å². The Labute approximate surface area is 132 Å². The highest BCUT2D eigenvalue weighted by atomic mass is 32.1. The van der Waals surface area contributed by atoms with Crippen molar-refractivity contribution >= 4 is 22.4 Å². The van der Waals surface area contributed by atoms with Crippen LogP contribution in [-0.4, -0.2) is 16.1 Å². The number of hydrogen-bond acceptors (Lipinski definition) is 4. The second kappa shape index (κ2) is 6.49. The van der Waals surface area contributed by atoms with Crippen LogP contribution in [0.3, 0.4) is 0 Å². The molecule has 1 heterocycles. The van der Waals surface area contributed by atoms with E-state index in [1.807, 2.05) is 49.4 Å². The molecule has 0 radical (unpaired) electrons. The first-order valence-electron chi connectivity index (χ1n) is 6.95. The first-order chi connectivity index (χ1) is 10.7. The van der Waals surface area contributed by atoms with Gasteiger partial charge >= 0.3 is 0 Å². The van der Waals surface area contributed by atoms with Crippen LogP contribution in [0.5, 0.6) is 0 Å². The first-order valence-corrected chi connectivity index (χ1v) is 7.77. The monoisotopic (exact) mass is 309 g/mol. The third-order valence-electron chi connectivity index (χ3n) is 3.20. The number of rotatable bonds is 4. The molecule has 0 saturated heterocycles. The van der Waals surface area contributed by atoms with Crippen LogP contribution in [0.15, 0.2) is 54.6 Å². The Hall–Kier alpha value is -2.53. The summed E-state index contributed by atoms with van der Waals surface area (Å²) >= 11 is 1.37. The van der Waals surface area contributed by atoms with Crippen molar-refractivity contribution < 1.29 is 4.79 Å². The van der Waals surface area contributed by atoms with Gasteiger partial charge in [0.05, 0.1) is 6.42 Å². The van der Waals surface area contributed by atoms with Crippen molar-refractivity contribution in [2.24, 2.45) is 0 Å². The minimum Gasteiger partial charge on any atom is -0.300 e. The van der Waals surface area contributed by atoms with Crippen LogP contribution >= 0.6 is 11.3 Å². The number of anilines is 1. The lowest BCUT2D eigenvalue weighted by atomic mass is 10.0. The predicted octanol–water partition coefficient (Wildman–Crippen LogP) is 3.69. The summed E-state index contributed by atoms with van der Waals surface area (Å²) in [6.45, 7) is 1.86. The Morgan fingerprint density at radius 2 is 1.68 bits per heavy atom. The second-order valence-electron chi connectivity index (χ2n) is 4.91. The summed E-state index contributed by atoms with van der Waals surface area (Å²) in [7, 11) is 0. The van der Waals surface area contributed by atoms with Crippen LogP contribution < -0.4 is 5.32 Å². The predicted molar refractivity (Wildman–Crippen MR) is 88.9 cm³/mol. The molecule has 4 nitrogen and oxygen atoms in total. The summed E-state index contributed by atoms with van der Waals surface area (Å²) in [6, 6.07) is 18.2. The average Bonchev–Trinajstić information content (AvgIpc) is 2.94. The number of carbonyl (C=O) groups excluding carboxylic acids is 1. The summed E-state index contributed by atoms with van der Waals surface area (Å²) in [5.41, 5.74) is 3.28. The van der Waals surface area contributed by atoms with Crippen molar-refractivity contribution in [3.05, 3.63) is 65.2 Å². The molecular weight excluding hydrogens is 294 g/mol. The number of aromatic nitrogens is 2. The van der Waals surface area contributed by atoms with E-state index in [0.717, 1.165) is 16.1 Å². The van der Waals surface area contributed by atoms with E-state index in [2.05, 4.69) is 27.6 Å². The molecule has 3 aromatic rings. The standard InChI is InChI=1S/C17H15N3OS/c1-12-19-20-17(22-12)18-16(21)11-13-7-9-15(10-8-13)14-5-3-2-4-6-14/h2-10H,11H2,1H3,(H,18,20,21). The van der Waals surface area contributed by atoms with E-state index >= 15 is 0 Å². The van der Waals surface area contributed by atoms with Gasteiger partial charge in [0, 0.05) is 0 Å². The van der Waals surface area contributed by atoms with E-state index in [1.165, 1.54) is 16.9 Å². The van der Waals surface area contributed by atoms with Gasteiger partial charge in [-0.3, -0.25) is 4.79 Å². The van der Waals surface area contributed by atoms with Crippen molar-refractivity contribution in [1.82, 2.24) is 10.2 Å². The topological polar surface area (TPSA) is 54.9 Å². The summed E-state index contributed by atoms with van der Waals surface area (Å²) in [4.78, 5) is 12.0. The molecule has 0 aliphatic rings. The van der Waals surface area contributed by atoms with E-state index < -0.39 is 0 Å². The molecule has 1 aromatic heterocycles. The molecule has 2 aromatic carbocycles. The number of amides is 1. The Morgan fingerprint density at radius 3 is 2.32 bits per heavy atom. The lowest BCUT2D eigenvalue weighted by molar-refractivity contribution is -0.115. The van der Waals surface area contributed by atoms with Crippen LogP contribution in [0.25, 0.3) is 11.1 Å². The molecule has 0 atom stereocenters. The summed E-state index contributed by atoms with van der Waals surface area (Å²) in [6.07, 6.45) is 0.327. The van der Waals surface area contributed by atoms with Crippen LogP contribution in [0, 0.1) is 6.92 Å². The number of nitrogens with one attached hydrogen (secondary N) is 1. The number of hydrogen-bond donors (Lipinski definition) is 1. The van der Waals surface area contributed by atoms with Gasteiger partial charge in [0.25, 0.3) is 0 Å². The molecule has 0 spiro atoms. The van der Waals surface area contributed by atoms with E-state index in [9.17, 15) is 4.79 Å². The van der Waals surface area contributed by atoms with Crippen LogP contribution in [0.1, 0.15) is 10.6 Å². The molecule has 0 unspecified atom stereocenters. The van der Waals surface area contributed by atoms with E-state index in [4.69, 9.17) is 0 Å². The lowest BCUT2D eigenvalue weighted by Crippen LogP contribution is -2.14. The SMILES string of the molecule is Cc1nnc(NC(=O)Cc2ccc(-c3ccccc3)cc2)s1. The fourth-order valence-electron chi connectivity index (χ4n) is 2.14. The van der Waals surface area contributed by atoms with Gasteiger partial charge in [0.1, 0.15) is 5.01 Å². The summed E-state index contributed by atoms with van der Waals surface area (Å²) in [5, 5.41) is 11.9. The summed E-state index contributed by atoms with van der Waals surface area (Å²) < 4.78 is 0. The molecular formula is C17H15N3OS. The molecule has 5 heteroatoms. The minimum atomic E-state index is -0.0800. The zero-order valence-electron chi connectivity index (χ0n) is 12.1. The second-order valence-corrected chi connectivity index (χ2v) is 6.10. The molecule has 0 bridgehead atoms. The van der Waals surface area contributed by atoms with Crippen molar-refractivity contribution in [3.63, 3.8) is 0 Å². The molecule has 22 heavy (non-hydrogen) atoms. The van der Waals surface area contributed by atoms with Gasteiger partial charge in [-0.2, -0.15) is 0 Å². The van der Waals surface area contributed by atoms with Gasteiger partial charge in [-0.1, -0.05) is 65.9 Å². The highest BCUT2D eigenvalue weighted by Crippen LogP contribution is 2.20. The van der Waals surface area contributed by atoms with Crippen LogP contribution in [0.2, 0.25) is 0 Å². The largest absolute Gasteiger partial charge is 0.300 e. The third kappa shape index (κ3) is 3.56. The Kier molecular flexibility index (Phi) is 4.25. The van der Waals surface area contributed by atoms with Gasteiger partial charge < -0.3 is 5.32 Å². The Morgan fingerprint density at radius 1 is 1.00 bits per heavy atom. The smallest absolute Gasteiger partial charge is 0.230 e. The highest BCUT2D eigenvalue weighted by molar-refractivity contribution is 7.15. The molecule has 0 fully saturated rings. The van der Waals surface area contributed by atoms with Gasteiger partial charge in [0.15, 0.2) is 0 Å². The quantitative estimate of drug-likeness (QED) is 0.799. The van der Waals surface area contributed by atoms with Crippen molar-refractivity contribution in [3.8, 4) is 11.1 Å². The minimum absolute atomic E-state index is 0.0800. The number of aryl methyl sites for hydroxylation is 1. The van der Waals surface area contributed by atoms with Crippen LogP contribution in [-0.2, 0) is 11.2 Å². The number of benzene rings is 2. The van der Waals surface area contributed by atoms with Gasteiger partial charge in [-0.15, -0.1) is 10.2 Å². The Bertz CT molecular complexity index is 766. The maximum atomic E-state index is 12.0. The summed E-state index contributed by atoms with van der Waals surface area (Å²) in [5.74, 6) is -0.0800. The third-order valence-corrected chi connectivity index (χ3v) is 3.95. The fourth-order valence-corrected chi connectivity index (χ4v) is 2.75. The van der Waals surface area contributed by atoms with Gasteiger partial charge in [-0.05, 0) is 23.6 Å². The van der Waals surface area contributed by atoms with E-state index in [-0.39, 0.29) is 5.91 Å². The lowest BCUT2D eigenvalue weighted by Gasteiger charge is -2.04. The average molecular weight is 309 g/mol. The zero-order valence-corrected chi connectivity index (χ0v) is 12.9. The van der Waals surface area contributed by atoms with Gasteiger partial charge in [-0.25, -0.2) is 0 Å². The first kappa shape index (κ1) is 14.4. The normalized spacial score (nSPS) is 10.4.